The third kappa shape index (κ3) is 2.15. The molecule has 0 saturated heterocycles. The summed E-state index contributed by atoms with van der Waals surface area (Å²) in [6.45, 7) is 0. The number of benzene rings is 1. The van der Waals surface area contributed by atoms with Crippen molar-refractivity contribution in [2.24, 2.45) is 0 Å². The van der Waals surface area contributed by atoms with Gasteiger partial charge in [-0.05, 0) is 17.5 Å². The van der Waals surface area contributed by atoms with E-state index in [-0.39, 0.29) is 6.42 Å². The first kappa shape index (κ1) is 11.3. The van der Waals surface area contributed by atoms with Gasteiger partial charge in [-0.15, -0.1) is 5.10 Å². The van der Waals surface area contributed by atoms with E-state index in [4.69, 9.17) is 5.11 Å². The van der Waals surface area contributed by atoms with E-state index in [1.54, 1.807) is 23.3 Å². The number of hydrogen-bond donors (Lipinski definition) is 1. The van der Waals surface area contributed by atoms with Crippen LogP contribution in [-0.4, -0.2) is 31.1 Å². The van der Waals surface area contributed by atoms with Crippen molar-refractivity contribution >= 4 is 16.7 Å². The van der Waals surface area contributed by atoms with Gasteiger partial charge in [-0.3, -0.25) is 9.78 Å². The number of carbonyl (C=O) groups is 1. The molecule has 3 rings (SSSR count). The van der Waals surface area contributed by atoms with Crippen molar-refractivity contribution < 1.29 is 9.90 Å². The Morgan fingerprint density at radius 1 is 1.32 bits per heavy atom. The van der Waals surface area contributed by atoms with Crippen molar-refractivity contribution in [3.8, 4) is 5.69 Å². The van der Waals surface area contributed by atoms with Crippen LogP contribution in [0.5, 0.6) is 0 Å². The van der Waals surface area contributed by atoms with Gasteiger partial charge < -0.3 is 5.11 Å². The minimum atomic E-state index is -0.924. The quantitative estimate of drug-likeness (QED) is 0.765. The van der Waals surface area contributed by atoms with Crippen LogP contribution in [0.1, 0.15) is 5.69 Å². The highest BCUT2D eigenvalue weighted by Gasteiger charge is 2.08. The Morgan fingerprint density at radius 3 is 3.05 bits per heavy atom. The third-order valence-electron chi connectivity index (χ3n) is 2.78. The number of pyridine rings is 1. The molecule has 0 fully saturated rings. The van der Waals surface area contributed by atoms with Crippen LogP contribution in [0.4, 0.5) is 0 Å². The topological polar surface area (TPSA) is 80.9 Å². The molecule has 0 bridgehead atoms. The summed E-state index contributed by atoms with van der Waals surface area (Å²) < 4.78 is 1.57. The predicted molar refractivity (Wildman–Crippen MR) is 68.0 cm³/mol. The summed E-state index contributed by atoms with van der Waals surface area (Å²) in [7, 11) is 0. The Kier molecular flexibility index (Phi) is 2.68. The van der Waals surface area contributed by atoms with E-state index in [2.05, 4.69) is 15.3 Å². The van der Waals surface area contributed by atoms with Gasteiger partial charge in [0, 0.05) is 17.8 Å². The molecule has 1 aromatic carbocycles. The maximum Gasteiger partial charge on any atom is 0.309 e. The first-order valence-corrected chi connectivity index (χ1v) is 5.70. The summed E-state index contributed by atoms with van der Waals surface area (Å²) >= 11 is 0. The SMILES string of the molecule is O=C(O)Cc1cn(-c2cccc3ccncc23)nn1. The van der Waals surface area contributed by atoms with Crippen molar-refractivity contribution in [3.63, 3.8) is 0 Å². The maximum atomic E-state index is 10.6. The molecule has 2 aromatic heterocycles. The highest BCUT2D eigenvalue weighted by molar-refractivity contribution is 5.89. The summed E-state index contributed by atoms with van der Waals surface area (Å²) in [6, 6.07) is 7.70. The van der Waals surface area contributed by atoms with E-state index in [1.807, 2.05) is 24.3 Å². The molecule has 0 spiro atoms. The highest BCUT2D eigenvalue weighted by Crippen LogP contribution is 2.20. The lowest BCUT2D eigenvalue weighted by Gasteiger charge is -2.04. The molecule has 94 valence electrons. The highest BCUT2D eigenvalue weighted by atomic mass is 16.4. The van der Waals surface area contributed by atoms with Crippen molar-refractivity contribution in [3.05, 3.63) is 48.5 Å². The largest absolute Gasteiger partial charge is 0.481 e. The van der Waals surface area contributed by atoms with Crippen molar-refractivity contribution in [1.29, 1.82) is 0 Å². The molecule has 0 saturated carbocycles. The van der Waals surface area contributed by atoms with Crippen LogP contribution < -0.4 is 0 Å². The van der Waals surface area contributed by atoms with Crippen LogP contribution in [0.15, 0.2) is 42.9 Å². The average Bonchev–Trinajstić information content (AvgIpc) is 2.85. The third-order valence-corrected chi connectivity index (χ3v) is 2.78. The van der Waals surface area contributed by atoms with Gasteiger partial charge in [-0.1, -0.05) is 17.3 Å². The molecule has 1 N–H and O–H groups in total. The van der Waals surface area contributed by atoms with Crippen LogP contribution in [0.2, 0.25) is 0 Å². The van der Waals surface area contributed by atoms with Crippen molar-refractivity contribution in [1.82, 2.24) is 20.0 Å². The van der Waals surface area contributed by atoms with Crippen LogP contribution in [0.3, 0.4) is 0 Å². The van der Waals surface area contributed by atoms with Gasteiger partial charge in [0.1, 0.15) is 0 Å². The van der Waals surface area contributed by atoms with Gasteiger partial charge in [0.05, 0.1) is 24.0 Å². The molecule has 0 aliphatic carbocycles. The molecule has 0 aliphatic rings. The van der Waals surface area contributed by atoms with Gasteiger partial charge in [0.15, 0.2) is 0 Å². The zero-order valence-corrected chi connectivity index (χ0v) is 9.89. The van der Waals surface area contributed by atoms with Crippen LogP contribution >= 0.6 is 0 Å². The molecule has 0 atom stereocenters. The molecule has 0 unspecified atom stereocenters. The Morgan fingerprint density at radius 2 is 2.21 bits per heavy atom. The number of aliphatic carboxylic acids is 1. The predicted octanol–water partition coefficient (Wildman–Crippen LogP) is 1.44. The smallest absolute Gasteiger partial charge is 0.309 e. The summed E-state index contributed by atoms with van der Waals surface area (Å²) in [5, 5.41) is 18.5. The molecule has 6 heteroatoms. The minimum Gasteiger partial charge on any atom is -0.481 e. The first-order valence-electron chi connectivity index (χ1n) is 5.70. The standard InChI is InChI=1S/C13H10N4O2/c18-13(19)6-10-8-17(16-15-10)12-3-1-2-9-4-5-14-7-11(9)12/h1-5,7-8H,6H2,(H,18,19). The second-order valence-electron chi connectivity index (χ2n) is 4.10. The fourth-order valence-electron chi connectivity index (χ4n) is 1.95. The molecular formula is C13H10N4O2. The van der Waals surface area contributed by atoms with E-state index in [0.29, 0.717) is 5.69 Å². The number of hydrogen-bond acceptors (Lipinski definition) is 4. The fourth-order valence-corrected chi connectivity index (χ4v) is 1.95. The Bertz CT molecular complexity index is 746. The Hall–Kier alpha value is -2.76. The van der Waals surface area contributed by atoms with Gasteiger partial charge >= 0.3 is 5.97 Å². The Balaban J connectivity index is 2.09. The Labute approximate surface area is 108 Å². The molecule has 0 amide bonds. The number of fused-ring (bicyclic) bond motifs is 1. The van der Waals surface area contributed by atoms with Crippen molar-refractivity contribution in [2.75, 3.05) is 0 Å². The van der Waals surface area contributed by atoms with Gasteiger partial charge in [0.25, 0.3) is 0 Å². The molecule has 6 nitrogen and oxygen atoms in total. The van der Waals surface area contributed by atoms with E-state index in [0.717, 1.165) is 16.5 Å². The second-order valence-corrected chi connectivity index (χ2v) is 4.10. The lowest BCUT2D eigenvalue weighted by atomic mass is 10.1. The van der Waals surface area contributed by atoms with E-state index < -0.39 is 5.97 Å². The summed E-state index contributed by atoms with van der Waals surface area (Å²) in [5.74, 6) is -0.924. The first-order chi connectivity index (χ1) is 9.24. The monoisotopic (exact) mass is 254 g/mol. The second kappa shape index (κ2) is 4.49. The lowest BCUT2D eigenvalue weighted by Crippen LogP contribution is -2.00. The maximum absolute atomic E-state index is 10.6. The van der Waals surface area contributed by atoms with E-state index in [9.17, 15) is 4.79 Å². The summed E-state index contributed by atoms with van der Waals surface area (Å²) in [5.41, 5.74) is 1.25. The van der Waals surface area contributed by atoms with Crippen LogP contribution in [0, 0.1) is 0 Å². The van der Waals surface area contributed by atoms with Gasteiger partial charge in [-0.2, -0.15) is 0 Å². The number of rotatable bonds is 3. The van der Waals surface area contributed by atoms with Crippen LogP contribution in [0.25, 0.3) is 16.5 Å². The van der Waals surface area contributed by atoms with Gasteiger partial charge in [0.2, 0.25) is 0 Å². The zero-order valence-electron chi connectivity index (χ0n) is 9.89. The molecule has 19 heavy (non-hydrogen) atoms. The van der Waals surface area contributed by atoms with E-state index >= 15 is 0 Å². The number of carboxylic acids is 1. The number of carboxylic acid groups (broad SMARTS) is 1. The fraction of sp³-hybridized carbons (Fsp3) is 0.0769. The van der Waals surface area contributed by atoms with Gasteiger partial charge in [-0.25, -0.2) is 4.68 Å². The summed E-state index contributed by atoms with van der Waals surface area (Å²) in [6.07, 6.45) is 4.96. The number of aromatic nitrogens is 4. The number of nitrogens with zero attached hydrogens (tertiary/aromatic N) is 4. The lowest BCUT2D eigenvalue weighted by molar-refractivity contribution is -0.136. The molecule has 0 radical (unpaired) electrons. The molecule has 0 aliphatic heterocycles. The zero-order chi connectivity index (χ0) is 13.2. The minimum absolute atomic E-state index is 0.136. The molecule has 2 heterocycles. The normalized spacial score (nSPS) is 10.7. The molecular weight excluding hydrogens is 244 g/mol. The van der Waals surface area contributed by atoms with E-state index in [1.165, 1.54) is 0 Å². The average molecular weight is 254 g/mol. The summed E-state index contributed by atoms with van der Waals surface area (Å²) in [4.78, 5) is 14.7. The van der Waals surface area contributed by atoms with Crippen LogP contribution in [-0.2, 0) is 11.2 Å². The van der Waals surface area contributed by atoms with Crippen molar-refractivity contribution in [2.45, 2.75) is 6.42 Å². The molecule has 3 aromatic rings.